The highest BCUT2D eigenvalue weighted by molar-refractivity contribution is 8.14. The summed E-state index contributed by atoms with van der Waals surface area (Å²) in [5.41, 5.74) is -0.374. The van der Waals surface area contributed by atoms with Crippen LogP contribution in [0.3, 0.4) is 0 Å². The van der Waals surface area contributed by atoms with Gasteiger partial charge in [0.25, 0.3) is 0 Å². The van der Waals surface area contributed by atoms with Crippen LogP contribution in [0.25, 0.3) is 0 Å². The smallest absolute Gasteiger partial charge is 0.327 e. The van der Waals surface area contributed by atoms with Gasteiger partial charge >= 0.3 is 5.97 Å². The van der Waals surface area contributed by atoms with E-state index in [4.69, 9.17) is 4.74 Å². The predicted octanol–water partition coefficient (Wildman–Crippen LogP) is 2.24. The van der Waals surface area contributed by atoms with Gasteiger partial charge < -0.3 is 4.74 Å². The first kappa shape index (κ1) is 10.1. The van der Waals surface area contributed by atoms with Crippen molar-refractivity contribution < 1.29 is 9.53 Å². The first-order valence-electron chi connectivity index (χ1n) is 5.18. The van der Waals surface area contributed by atoms with Crippen LogP contribution in [0.5, 0.6) is 0 Å². The molecule has 4 heteroatoms. The molecule has 2 saturated heterocycles. The molecule has 2 aliphatic heterocycles. The van der Waals surface area contributed by atoms with Gasteiger partial charge in [0.2, 0.25) is 0 Å². The molecular formula is C11H14O2S2. The molecule has 0 aromatic rings. The molecule has 15 heavy (non-hydrogen) atoms. The second-order valence-electron chi connectivity index (χ2n) is 5.26. The Labute approximate surface area is 98.2 Å². The van der Waals surface area contributed by atoms with Crippen molar-refractivity contribution in [1.82, 2.24) is 0 Å². The molecule has 0 amide bonds. The summed E-state index contributed by atoms with van der Waals surface area (Å²) in [6, 6.07) is 0. The normalized spacial score (nSPS) is 45.4. The van der Waals surface area contributed by atoms with E-state index >= 15 is 0 Å². The Kier molecular flexibility index (Phi) is 1.87. The number of carbonyl (C=O) groups excluding carboxylic acids is 1. The van der Waals surface area contributed by atoms with Crippen molar-refractivity contribution in [3.05, 3.63) is 12.2 Å². The molecule has 2 heterocycles. The van der Waals surface area contributed by atoms with E-state index in [0.29, 0.717) is 15.7 Å². The molecule has 0 aromatic carbocycles. The minimum absolute atomic E-state index is 0.0489. The predicted molar refractivity (Wildman–Crippen MR) is 64.3 cm³/mol. The summed E-state index contributed by atoms with van der Waals surface area (Å²) in [7, 11) is 0. The van der Waals surface area contributed by atoms with Crippen molar-refractivity contribution in [2.24, 2.45) is 0 Å². The van der Waals surface area contributed by atoms with Gasteiger partial charge in [-0.15, -0.1) is 23.5 Å². The van der Waals surface area contributed by atoms with E-state index in [0.717, 1.165) is 0 Å². The highest BCUT2D eigenvalue weighted by Crippen LogP contribution is 2.69. The SMILES string of the molecule is CC(C)(C)OC(=O)C12C=CC3SC3C1S2. The van der Waals surface area contributed by atoms with Gasteiger partial charge in [-0.25, -0.2) is 0 Å². The third kappa shape index (κ3) is 1.53. The van der Waals surface area contributed by atoms with Gasteiger partial charge in [-0.1, -0.05) is 12.2 Å². The molecule has 4 atom stereocenters. The van der Waals surface area contributed by atoms with Crippen LogP contribution in [-0.4, -0.2) is 32.1 Å². The first-order chi connectivity index (χ1) is 6.92. The van der Waals surface area contributed by atoms with Crippen LogP contribution in [0.4, 0.5) is 0 Å². The minimum atomic E-state index is -0.374. The molecule has 1 aliphatic carbocycles. The van der Waals surface area contributed by atoms with Crippen LogP contribution in [-0.2, 0) is 9.53 Å². The molecule has 2 fully saturated rings. The molecule has 0 spiro atoms. The molecule has 4 unspecified atom stereocenters. The lowest BCUT2D eigenvalue weighted by atomic mass is 9.96. The summed E-state index contributed by atoms with van der Waals surface area (Å²) in [5, 5.41) is 1.83. The van der Waals surface area contributed by atoms with E-state index in [9.17, 15) is 4.79 Å². The third-order valence-corrected chi connectivity index (χ3v) is 5.91. The lowest BCUT2D eigenvalue weighted by molar-refractivity contribution is -0.155. The zero-order valence-corrected chi connectivity index (χ0v) is 10.7. The van der Waals surface area contributed by atoms with Crippen LogP contribution >= 0.6 is 23.5 Å². The van der Waals surface area contributed by atoms with Gasteiger partial charge in [0.15, 0.2) is 0 Å². The molecule has 0 N–H and O–H groups in total. The van der Waals surface area contributed by atoms with Crippen molar-refractivity contribution in [3.8, 4) is 0 Å². The number of rotatable bonds is 1. The molecule has 0 radical (unpaired) electrons. The lowest BCUT2D eigenvalue weighted by Gasteiger charge is -2.22. The average Bonchev–Trinajstić information content (AvgIpc) is 2.95. The summed E-state index contributed by atoms with van der Waals surface area (Å²) < 4.78 is 5.15. The van der Waals surface area contributed by atoms with Crippen molar-refractivity contribution in [1.29, 1.82) is 0 Å². The summed E-state index contributed by atoms with van der Waals surface area (Å²) in [6.45, 7) is 5.76. The molecule has 82 valence electrons. The minimum Gasteiger partial charge on any atom is -0.459 e. The Balaban J connectivity index is 1.76. The maximum atomic E-state index is 12.0. The lowest BCUT2D eigenvalue weighted by Crippen LogP contribution is -2.36. The van der Waals surface area contributed by atoms with Crippen LogP contribution in [0.2, 0.25) is 0 Å². The molecular weight excluding hydrogens is 228 g/mol. The number of hydrogen-bond acceptors (Lipinski definition) is 4. The maximum Gasteiger partial charge on any atom is 0.327 e. The van der Waals surface area contributed by atoms with Crippen LogP contribution < -0.4 is 0 Å². The highest BCUT2D eigenvalue weighted by atomic mass is 32.2. The molecule has 3 aliphatic rings. The fourth-order valence-electron chi connectivity index (χ4n) is 1.98. The fraction of sp³-hybridized carbons (Fsp3) is 0.727. The van der Waals surface area contributed by atoms with Gasteiger partial charge in [0.05, 0.1) is 0 Å². The molecule has 0 aromatic heterocycles. The van der Waals surface area contributed by atoms with E-state index in [1.165, 1.54) is 0 Å². The Morgan fingerprint density at radius 2 is 2.20 bits per heavy atom. The molecule has 3 rings (SSSR count). The van der Waals surface area contributed by atoms with Crippen molar-refractivity contribution in [3.63, 3.8) is 0 Å². The standard InChI is InChI=1S/C11H14O2S2/c1-10(2,3)13-9(12)11-5-4-6-7(14-6)8(11)15-11/h4-8H,1-3H3. The van der Waals surface area contributed by atoms with Crippen molar-refractivity contribution in [2.75, 3.05) is 0 Å². The number of ether oxygens (including phenoxy) is 1. The number of thioether (sulfide) groups is 2. The van der Waals surface area contributed by atoms with Crippen molar-refractivity contribution >= 4 is 29.5 Å². The number of carbonyl (C=O) groups is 1. The molecule has 0 bridgehead atoms. The average molecular weight is 242 g/mol. The van der Waals surface area contributed by atoms with E-state index in [1.807, 2.05) is 32.5 Å². The van der Waals surface area contributed by atoms with E-state index < -0.39 is 0 Å². The first-order valence-corrected chi connectivity index (χ1v) is 7.01. The van der Waals surface area contributed by atoms with E-state index in [1.54, 1.807) is 11.8 Å². The topological polar surface area (TPSA) is 26.3 Å². The Morgan fingerprint density at radius 1 is 1.47 bits per heavy atom. The number of fused-ring (bicyclic) bond motifs is 3. The summed E-state index contributed by atoms with van der Waals surface area (Å²) in [4.78, 5) is 12.0. The largest absolute Gasteiger partial charge is 0.459 e. The van der Waals surface area contributed by atoms with Crippen LogP contribution in [0.15, 0.2) is 12.2 Å². The van der Waals surface area contributed by atoms with E-state index in [-0.39, 0.29) is 16.3 Å². The Hall–Kier alpha value is -0.0900. The molecule has 0 saturated carbocycles. The quantitative estimate of drug-likeness (QED) is 0.400. The van der Waals surface area contributed by atoms with Gasteiger partial charge in [0, 0.05) is 15.7 Å². The van der Waals surface area contributed by atoms with Gasteiger partial charge in [-0.3, -0.25) is 4.79 Å². The maximum absolute atomic E-state index is 12.0. The highest BCUT2D eigenvalue weighted by Gasteiger charge is 2.71. The van der Waals surface area contributed by atoms with Gasteiger partial charge in [0.1, 0.15) is 10.3 Å². The zero-order chi connectivity index (χ0) is 10.8. The van der Waals surface area contributed by atoms with Gasteiger partial charge in [-0.05, 0) is 20.8 Å². The van der Waals surface area contributed by atoms with E-state index in [2.05, 4.69) is 12.2 Å². The molecule has 2 nitrogen and oxygen atoms in total. The summed E-state index contributed by atoms with van der Waals surface area (Å²) in [5.74, 6) is -0.0489. The monoisotopic (exact) mass is 242 g/mol. The summed E-state index contributed by atoms with van der Waals surface area (Å²) >= 11 is 3.73. The van der Waals surface area contributed by atoms with Crippen molar-refractivity contribution in [2.45, 2.75) is 46.9 Å². The summed E-state index contributed by atoms with van der Waals surface area (Å²) in [6.07, 6.45) is 4.24. The van der Waals surface area contributed by atoms with Gasteiger partial charge in [-0.2, -0.15) is 0 Å². The second-order valence-corrected chi connectivity index (χ2v) is 8.04. The fourth-order valence-corrected chi connectivity index (χ4v) is 4.85. The second kappa shape index (κ2) is 2.77. The van der Waals surface area contributed by atoms with Crippen LogP contribution in [0.1, 0.15) is 20.8 Å². The Morgan fingerprint density at radius 3 is 2.87 bits per heavy atom. The number of hydrogen-bond donors (Lipinski definition) is 0. The Bertz CT molecular complexity index is 358. The zero-order valence-electron chi connectivity index (χ0n) is 9.02. The third-order valence-electron chi connectivity index (χ3n) is 2.80. The number of esters is 1. The van der Waals surface area contributed by atoms with Crippen LogP contribution in [0, 0.1) is 0 Å².